The average Bonchev–Trinajstić information content (AvgIpc) is 3.37. The van der Waals surface area contributed by atoms with E-state index in [1.807, 2.05) is 36.5 Å². The van der Waals surface area contributed by atoms with E-state index in [2.05, 4.69) is 4.90 Å². The lowest BCUT2D eigenvalue weighted by molar-refractivity contribution is -0.137. The molecule has 4 rings (SSSR count). The van der Waals surface area contributed by atoms with Crippen LogP contribution in [0.4, 0.5) is 13.2 Å². The second-order valence-electron chi connectivity index (χ2n) is 6.94. The zero-order valence-corrected chi connectivity index (χ0v) is 15.9. The van der Waals surface area contributed by atoms with Crippen LogP contribution in [0.25, 0.3) is 5.69 Å². The highest BCUT2D eigenvalue weighted by Crippen LogP contribution is 2.32. The Morgan fingerprint density at radius 3 is 2.62 bits per heavy atom. The molecular weight excluding hydrogens is 381 g/mol. The fourth-order valence-corrected chi connectivity index (χ4v) is 3.50. The third-order valence-electron chi connectivity index (χ3n) is 5.00. The first-order valence-corrected chi connectivity index (χ1v) is 9.28. The van der Waals surface area contributed by atoms with Gasteiger partial charge in [0.25, 0.3) is 0 Å². The number of methoxy groups -OCH3 is 1. The molecule has 4 nitrogen and oxygen atoms in total. The topological polar surface area (TPSA) is 26.6 Å². The summed E-state index contributed by atoms with van der Waals surface area (Å²) in [5.74, 6) is 0.807. The van der Waals surface area contributed by atoms with Crippen molar-refractivity contribution in [3.8, 4) is 11.4 Å². The van der Waals surface area contributed by atoms with Gasteiger partial charge in [0.1, 0.15) is 12.0 Å². The van der Waals surface area contributed by atoms with Gasteiger partial charge in [-0.25, -0.2) is 0 Å². The number of hydrogen-bond donors (Lipinski definition) is 0. The number of aromatic nitrogens is 1. The van der Waals surface area contributed by atoms with Crippen LogP contribution < -0.4 is 4.74 Å². The van der Waals surface area contributed by atoms with E-state index in [0.29, 0.717) is 18.8 Å². The maximum atomic E-state index is 13.0. The molecule has 1 atom stereocenters. The quantitative estimate of drug-likeness (QED) is 0.599. The Morgan fingerprint density at radius 1 is 1.10 bits per heavy atom. The molecule has 0 spiro atoms. The third-order valence-corrected chi connectivity index (χ3v) is 5.00. The molecule has 2 aromatic carbocycles. The first-order chi connectivity index (χ1) is 13.9. The minimum Gasteiger partial charge on any atom is -0.497 e. The van der Waals surface area contributed by atoms with Crippen LogP contribution >= 0.6 is 0 Å². The smallest absolute Gasteiger partial charge is 0.416 e. The van der Waals surface area contributed by atoms with E-state index < -0.39 is 11.7 Å². The summed E-state index contributed by atoms with van der Waals surface area (Å²) in [4.78, 5) is 2.20. The number of rotatable bonds is 5. The largest absolute Gasteiger partial charge is 0.497 e. The molecule has 1 saturated heterocycles. The molecule has 1 aromatic heterocycles. The Kier molecular flexibility index (Phi) is 5.34. The number of halogens is 3. The van der Waals surface area contributed by atoms with Crippen LogP contribution in [0.5, 0.6) is 5.75 Å². The molecule has 0 unspecified atom stereocenters. The number of nitrogens with zero attached hydrogens (tertiary/aromatic N) is 2. The van der Waals surface area contributed by atoms with Crippen molar-refractivity contribution in [2.45, 2.75) is 18.9 Å². The van der Waals surface area contributed by atoms with Crippen molar-refractivity contribution in [2.24, 2.45) is 0 Å². The van der Waals surface area contributed by atoms with E-state index in [-0.39, 0.29) is 6.23 Å². The van der Waals surface area contributed by atoms with Gasteiger partial charge in [0, 0.05) is 36.7 Å². The SMILES string of the molecule is COc1ccc(CN2CCO[C@H]2c2ccn(-c3cccc(C(F)(F)F)c3)c2)cc1. The van der Waals surface area contributed by atoms with Crippen LogP contribution in [0.15, 0.2) is 67.0 Å². The van der Waals surface area contributed by atoms with Gasteiger partial charge < -0.3 is 14.0 Å². The highest BCUT2D eigenvalue weighted by atomic mass is 19.4. The van der Waals surface area contributed by atoms with Gasteiger partial charge in [-0.1, -0.05) is 18.2 Å². The van der Waals surface area contributed by atoms with Gasteiger partial charge in [-0.3, -0.25) is 4.90 Å². The lowest BCUT2D eigenvalue weighted by atomic mass is 10.2. The fourth-order valence-electron chi connectivity index (χ4n) is 3.50. The molecule has 0 radical (unpaired) electrons. The summed E-state index contributed by atoms with van der Waals surface area (Å²) < 4.78 is 51.8. The molecule has 0 bridgehead atoms. The summed E-state index contributed by atoms with van der Waals surface area (Å²) >= 11 is 0. The predicted molar refractivity (Wildman–Crippen MR) is 103 cm³/mol. The van der Waals surface area contributed by atoms with Crippen molar-refractivity contribution < 1.29 is 22.6 Å². The standard InChI is InChI=1S/C22H21F3N2O2/c1-28-20-7-5-16(6-8-20)14-27-11-12-29-21(27)17-9-10-26(15-17)19-4-2-3-18(13-19)22(23,24)25/h2-10,13,15,21H,11-12,14H2,1H3/t21-/m0/s1. The monoisotopic (exact) mass is 402 g/mol. The van der Waals surface area contributed by atoms with Gasteiger partial charge >= 0.3 is 6.18 Å². The molecule has 152 valence electrons. The molecule has 0 amide bonds. The van der Waals surface area contributed by atoms with E-state index >= 15 is 0 Å². The van der Waals surface area contributed by atoms with Crippen LogP contribution in [0.2, 0.25) is 0 Å². The summed E-state index contributed by atoms with van der Waals surface area (Å²) in [6.45, 7) is 2.10. The van der Waals surface area contributed by atoms with E-state index in [4.69, 9.17) is 9.47 Å². The van der Waals surface area contributed by atoms with Crippen LogP contribution in [-0.2, 0) is 17.5 Å². The van der Waals surface area contributed by atoms with Crippen molar-refractivity contribution in [1.29, 1.82) is 0 Å². The van der Waals surface area contributed by atoms with Crippen molar-refractivity contribution in [3.05, 3.63) is 83.7 Å². The van der Waals surface area contributed by atoms with Crippen molar-refractivity contribution in [3.63, 3.8) is 0 Å². The minimum atomic E-state index is -4.37. The van der Waals surface area contributed by atoms with E-state index in [9.17, 15) is 13.2 Å². The number of alkyl halides is 3. The van der Waals surface area contributed by atoms with E-state index in [1.165, 1.54) is 6.07 Å². The Labute approximate surface area is 167 Å². The van der Waals surface area contributed by atoms with Crippen LogP contribution in [0, 0.1) is 0 Å². The third kappa shape index (κ3) is 4.31. The predicted octanol–water partition coefficient (Wildman–Crippen LogP) is 5.04. The maximum Gasteiger partial charge on any atom is 0.416 e. The first-order valence-electron chi connectivity index (χ1n) is 9.28. The Bertz CT molecular complexity index is 967. The molecule has 1 aliphatic rings. The number of ether oxygens (including phenoxy) is 2. The zero-order valence-electron chi connectivity index (χ0n) is 15.9. The van der Waals surface area contributed by atoms with Crippen molar-refractivity contribution in [1.82, 2.24) is 9.47 Å². The Balaban J connectivity index is 1.52. The zero-order chi connectivity index (χ0) is 20.4. The summed E-state index contributed by atoms with van der Waals surface area (Å²) in [7, 11) is 1.63. The van der Waals surface area contributed by atoms with Crippen LogP contribution in [0.3, 0.4) is 0 Å². The van der Waals surface area contributed by atoms with Gasteiger partial charge in [-0.15, -0.1) is 0 Å². The van der Waals surface area contributed by atoms with E-state index in [1.54, 1.807) is 23.9 Å². The van der Waals surface area contributed by atoms with Gasteiger partial charge in [-0.2, -0.15) is 13.2 Å². The summed E-state index contributed by atoms with van der Waals surface area (Å²) in [6, 6.07) is 15.1. The second-order valence-corrected chi connectivity index (χ2v) is 6.94. The lowest BCUT2D eigenvalue weighted by Gasteiger charge is -2.22. The minimum absolute atomic E-state index is 0.232. The molecule has 1 aliphatic heterocycles. The molecule has 29 heavy (non-hydrogen) atoms. The van der Waals surface area contributed by atoms with Crippen LogP contribution in [0.1, 0.15) is 22.9 Å². The second kappa shape index (κ2) is 7.93. The average molecular weight is 402 g/mol. The van der Waals surface area contributed by atoms with Gasteiger partial charge in [0.05, 0.1) is 19.3 Å². The first kappa shape index (κ1) is 19.5. The normalized spacial score (nSPS) is 17.6. The Hall–Kier alpha value is -2.77. The van der Waals surface area contributed by atoms with Crippen molar-refractivity contribution >= 4 is 0 Å². The number of benzene rings is 2. The van der Waals surface area contributed by atoms with Gasteiger partial charge in [-0.05, 0) is 42.0 Å². The summed E-state index contributed by atoms with van der Waals surface area (Å²) in [5, 5.41) is 0. The highest BCUT2D eigenvalue weighted by molar-refractivity contribution is 5.39. The molecule has 7 heteroatoms. The summed E-state index contributed by atoms with van der Waals surface area (Å²) in [6.07, 6.45) is -1.01. The molecule has 2 heterocycles. The van der Waals surface area contributed by atoms with Crippen molar-refractivity contribution in [2.75, 3.05) is 20.3 Å². The molecule has 0 aliphatic carbocycles. The molecule has 3 aromatic rings. The summed E-state index contributed by atoms with van der Waals surface area (Å²) in [5.41, 5.74) is 1.85. The molecule has 0 N–H and O–H groups in total. The van der Waals surface area contributed by atoms with Gasteiger partial charge in [0.15, 0.2) is 0 Å². The van der Waals surface area contributed by atoms with Crippen LogP contribution in [-0.4, -0.2) is 29.7 Å². The highest BCUT2D eigenvalue weighted by Gasteiger charge is 2.31. The molecule has 1 fully saturated rings. The van der Waals surface area contributed by atoms with Gasteiger partial charge in [0.2, 0.25) is 0 Å². The van der Waals surface area contributed by atoms with E-state index in [0.717, 1.165) is 35.6 Å². The number of hydrogen-bond acceptors (Lipinski definition) is 3. The lowest BCUT2D eigenvalue weighted by Crippen LogP contribution is -2.23. The molecular formula is C22H21F3N2O2. The Morgan fingerprint density at radius 2 is 1.90 bits per heavy atom. The maximum absolute atomic E-state index is 13.0. The fraction of sp³-hybridized carbons (Fsp3) is 0.273. The molecule has 0 saturated carbocycles.